The number of anilines is 1. The van der Waals surface area contributed by atoms with Crippen molar-refractivity contribution in [2.45, 2.75) is 31.7 Å². The quantitative estimate of drug-likeness (QED) is 0.575. The van der Waals surface area contributed by atoms with Gasteiger partial charge in [-0.3, -0.25) is 9.69 Å². The Morgan fingerprint density at radius 1 is 1.33 bits per heavy atom. The van der Waals surface area contributed by atoms with Crippen LogP contribution in [0, 0.1) is 0 Å². The first kappa shape index (κ1) is 19.9. The molecule has 1 aliphatic rings. The third-order valence-corrected chi connectivity index (χ3v) is 6.62. The number of methoxy groups -OCH3 is 1. The predicted octanol–water partition coefficient (Wildman–Crippen LogP) is 4.28. The van der Waals surface area contributed by atoms with Crippen molar-refractivity contribution in [2.24, 2.45) is 0 Å². The van der Waals surface area contributed by atoms with Gasteiger partial charge < -0.3 is 10.1 Å². The molecule has 2 aromatic rings. The van der Waals surface area contributed by atoms with E-state index >= 15 is 0 Å². The van der Waals surface area contributed by atoms with E-state index < -0.39 is 0 Å². The van der Waals surface area contributed by atoms with Crippen molar-refractivity contribution < 1.29 is 14.3 Å². The molecule has 0 bridgehead atoms. The van der Waals surface area contributed by atoms with Gasteiger partial charge in [0.1, 0.15) is 5.00 Å². The van der Waals surface area contributed by atoms with Crippen LogP contribution in [0.15, 0.2) is 29.2 Å². The molecule has 1 N–H and O–H groups in total. The molecule has 0 saturated heterocycles. The predicted molar refractivity (Wildman–Crippen MR) is 111 cm³/mol. The molecule has 5 nitrogen and oxygen atoms in total. The normalized spacial score (nSPS) is 13.9. The summed E-state index contributed by atoms with van der Waals surface area (Å²) in [5.41, 5.74) is 2.12. The zero-order chi connectivity index (χ0) is 19.4. The summed E-state index contributed by atoms with van der Waals surface area (Å²) in [6.07, 6.45) is 0.794. The zero-order valence-corrected chi connectivity index (χ0v) is 17.5. The maximum atomic E-state index is 12.8. The summed E-state index contributed by atoms with van der Waals surface area (Å²) in [6.45, 7) is 6.89. The molecule has 3 rings (SSSR count). The Hall–Kier alpha value is -1.83. The van der Waals surface area contributed by atoms with Crippen molar-refractivity contribution in [3.05, 3.63) is 45.8 Å². The Kier molecular flexibility index (Phi) is 6.57. The summed E-state index contributed by atoms with van der Waals surface area (Å²) in [5.74, 6) is 0.357. The minimum atomic E-state index is -0.386. The number of fused-ring (bicyclic) bond motifs is 1. The van der Waals surface area contributed by atoms with Crippen molar-refractivity contribution in [2.75, 3.05) is 31.3 Å². The number of rotatable bonds is 6. The third kappa shape index (κ3) is 4.36. The minimum absolute atomic E-state index is 0.204. The molecular weight excluding hydrogens is 380 g/mol. The largest absolute Gasteiger partial charge is 0.465 e. The molecule has 1 aliphatic heterocycles. The van der Waals surface area contributed by atoms with Crippen LogP contribution in [0.4, 0.5) is 5.00 Å². The van der Waals surface area contributed by atoms with E-state index in [9.17, 15) is 9.59 Å². The van der Waals surface area contributed by atoms with Gasteiger partial charge in [-0.25, -0.2) is 4.79 Å². The van der Waals surface area contributed by atoms with Gasteiger partial charge in [-0.05, 0) is 42.5 Å². The van der Waals surface area contributed by atoms with Gasteiger partial charge in [-0.15, -0.1) is 23.1 Å². The molecular formula is C20H24N2O3S2. The highest BCUT2D eigenvalue weighted by molar-refractivity contribution is 7.99. The molecule has 144 valence electrons. The first-order valence-electron chi connectivity index (χ1n) is 9.06. The van der Waals surface area contributed by atoms with E-state index in [0.717, 1.165) is 47.1 Å². The molecule has 0 saturated carbocycles. The van der Waals surface area contributed by atoms with Crippen molar-refractivity contribution in [3.63, 3.8) is 0 Å². The first-order valence-corrected chi connectivity index (χ1v) is 10.9. The van der Waals surface area contributed by atoms with Gasteiger partial charge >= 0.3 is 5.97 Å². The van der Waals surface area contributed by atoms with E-state index in [1.54, 1.807) is 17.8 Å². The molecule has 1 amide bonds. The van der Waals surface area contributed by atoms with Crippen LogP contribution >= 0.6 is 23.1 Å². The van der Waals surface area contributed by atoms with E-state index in [2.05, 4.69) is 24.1 Å². The Morgan fingerprint density at radius 3 is 2.85 bits per heavy atom. The van der Waals surface area contributed by atoms with Crippen LogP contribution < -0.4 is 5.32 Å². The number of ether oxygens (including phenoxy) is 1. The number of hydrogen-bond donors (Lipinski definition) is 1. The lowest BCUT2D eigenvalue weighted by Gasteiger charge is -2.25. The molecule has 27 heavy (non-hydrogen) atoms. The Labute approximate surface area is 168 Å². The van der Waals surface area contributed by atoms with Gasteiger partial charge in [0.15, 0.2) is 0 Å². The summed E-state index contributed by atoms with van der Waals surface area (Å²) < 4.78 is 4.99. The highest BCUT2D eigenvalue weighted by Gasteiger charge is 2.29. The van der Waals surface area contributed by atoms with Crippen molar-refractivity contribution in [1.82, 2.24) is 4.90 Å². The molecule has 0 radical (unpaired) electrons. The minimum Gasteiger partial charge on any atom is -0.465 e. The van der Waals surface area contributed by atoms with Crippen LogP contribution in [0.1, 0.15) is 45.0 Å². The Bertz CT molecular complexity index is 848. The maximum absolute atomic E-state index is 12.8. The van der Waals surface area contributed by atoms with E-state index in [-0.39, 0.29) is 11.9 Å². The second-order valence-corrected chi connectivity index (χ2v) is 8.68. The fourth-order valence-electron chi connectivity index (χ4n) is 3.20. The summed E-state index contributed by atoms with van der Waals surface area (Å²) in [5, 5.41) is 3.54. The molecule has 0 spiro atoms. The lowest BCUT2D eigenvalue weighted by atomic mass is 10.0. The number of nitrogens with one attached hydrogen (secondary N) is 1. The van der Waals surface area contributed by atoms with Crippen molar-refractivity contribution in [3.8, 4) is 0 Å². The number of carbonyl (C=O) groups is 2. The second kappa shape index (κ2) is 8.91. The highest BCUT2D eigenvalue weighted by atomic mass is 32.2. The Balaban J connectivity index is 1.90. The first-order chi connectivity index (χ1) is 13.1. The van der Waals surface area contributed by atoms with Gasteiger partial charge in [0.25, 0.3) is 5.91 Å². The lowest BCUT2D eigenvalue weighted by Crippen LogP contribution is -2.29. The number of thiophene rings is 1. The number of amides is 1. The number of likely N-dealkylation sites (N-methyl/N-ethyl adjacent to an activating group) is 1. The van der Waals surface area contributed by atoms with Crippen molar-refractivity contribution in [1.29, 1.82) is 0 Å². The van der Waals surface area contributed by atoms with Gasteiger partial charge in [0.2, 0.25) is 0 Å². The van der Waals surface area contributed by atoms with Crippen molar-refractivity contribution >= 4 is 40.0 Å². The fourth-order valence-corrected chi connectivity index (χ4v) is 5.19. The molecule has 0 atom stereocenters. The van der Waals surface area contributed by atoms with E-state index in [1.165, 1.54) is 18.4 Å². The van der Waals surface area contributed by atoms with Crippen LogP contribution in [0.3, 0.4) is 0 Å². The molecule has 1 aromatic heterocycles. The van der Waals surface area contributed by atoms with Crippen LogP contribution in [0.2, 0.25) is 0 Å². The molecule has 0 aliphatic carbocycles. The van der Waals surface area contributed by atoms with Crippen LogP contribution in [0.25, 0.3) is 0 Å². The number of esters is 1. The summed E-state index contributed by atoms with van der Waals surface area (Å²) in [6, 6.07) is 7.55. The highest BCUT2D eigenvalue weighted by Crippen LogP contribution is 2.37. The Morgan fingerprint density at radius 2 is 2.15 bits per heavy atom. The van der Waals surface area contributed by atoms with E-state index in [0.29, 0.717) is 16.1 Å². The van der Waals surface area contributed by atoms with Gasteiger partial charge in [0, 0.05) is 28.4 Å². The standard InChI is InChI=1S/C20H24N2O3S2/c1-4-22-10-9-15-16(12-22)27-19(17(15)20(24)25-3)21-18(23)13-7-6-8-14(11-13)26-5-2/h6-8,11H,4-5,9-10,12H2,1-3H3,(H,21,23). The van der Waals surface area contributed by atoms with Crippen LogP contribution in [0.5, 0.6) is 0 Å². The monoisotopic (exact) mass is 404 g/mol. The van der Waals surface area contributed by atoms with Gasteiger partial charge in [0.05, 0.1) is 12.7 Å². The van der Waals surface area contributed by atoms with Crippen LogP contribution in [-0.4, -0.2) is 42.7 Å². The maximum Gasteiger partial charge on any atom is 0.341 e. The van der Waals surface area contributed by atoms with E-state index in [4.69, 9.17) is 4.74 Å². The number of thioether (sulfide) groups is 1. The number of hydrogen-bond acceptors (Lipinski definition) is 6. The molecule has 0 fully saturated rings. The zero-order valence-electron chi connectivity index (χ0n) is 15.8. The second-order valence-electron chi connectivity index (χ2n) is 6.23. The number of nitrogens with zero attached hydrogens (tertiary/aromatic N) is 1. The average molecular weight is 405 g/mol. The third-order valence-electron chi connectivity index (χ3n) is 4.61. The van der Waals surface area contributed by atoms with E-state index in [1.807, 2.05) is 18.2 Å². The fraction of sp³-hybridized carbons (Fsp3) is 0.400. The van der Waals surface area contributed by atoms with Gasteiger partial charge in [-0.2, -0.15) is 0 Å². The van der Waals surface area contributed by atoms with Gasteiger partial charge in [-0.1, -0.05) is 19.9 Å². The molecule has 2 heterocycles. The summed E-state index contributed by atoms with van der Waals surface area (Å²) in [4.78, 5) is 29.7. The SMILES string of the molecule is CCSc1cccc(C(=O)Nc2sc3c(c2C(=O)OC)CCN(CC)C3)c1. The number of benzene rings is 1. The average Bonchev–Trinajstić information content (AvgIpc) is 3.04. The summed E-state index contributed by atoms with van der Waals surface area (Å²) in [7, 11) is 1.38. The molecule has 7 heteroatoms. The number of carbonyl (C=O) groups excluding carboxylic acids is 2. The summed E-state index contributed by atoms with van der Waals surface area (Å²) >= 11 is 3.18. The molecule has 0 unspecified atom stereocenters. The van der Waals surface area contributed by atoms with Crippen LogP contribution in [-0.2, 0) is 17.7 Å². The smallest absolute Gasteiger partial charge is 0.341 e. The topological polar surface area (TPSA) is 58.6 Å². The molecule has 1 aromatic carbocycles. The lowest BCUT2D eigenvalue weighted by molar-refractivity contribution is 0.0600.